The van der Waals surface area contributed by atoms with E-state index in [1.807, 2.05) is 31.2 Å². The molecule has 2 rings (SSSR count). The van der Waals surface area contributed by atoms with E-state index in [-0.39, 0.29) is 11.3 Å². The Morgan fingerprint density at radius 1 is 1.11 bits per heavy atom. The van der Waals surface area contributed by atoms with E-state index in [1.54, 1.807) is 31.3 Å². The normalized spacial score (nSPS) is 13.8. The quantitative estimate of drug-likeness (QED) is 0.850. The van der Waals surface area contributed by atoms with Gasteiger partial charge in [-0.2, -0.15) is 0 Å². The lowest BCUT2D eigenvalue weighted by Crippen LogP contribution is -2.22. The second-order valence-corrected chi connectivity index (χ2v) is 5.57. The molecule has 19 heavy (non-hydrogen) atoms. The average Bonchev–Trinajstić information content (AvgIpc) is 2.46. The smallest absolute Gasteiger partial charge is 0.118 e. The number of methoxy groups -OCH3 is 1. The summed E-state index contributed by atoms with van der Waals surface area (Å²) < 4.78 is 5.18. The van der Waals surface area contributed by atoms with Gasteiger partial charge in [0.25, 0.3) is 0 Å². The maximum atomic E-state index is 6.12. The highest BCUT2D eigenvalue weighted by atomic mass is 32.2. The van der Waals surface area contributed by atoms with Gasteiger partial charge in [0.15, 0.2) is 0 Å². The number of nitrogens with zero attached hydrogens (tertiary/aromatic N) is 1. The predicted molar refractivity (Wildman–Crippen MR) is 79.5 cm³/mol. The van der Waals surface area contributed by atoms with Crippen molar-refractivity contribution in [2.75, 3.05) is 7.11 Å². The van der Waals surface area contributed by atoms with E-state index in [0.717, 1.165) is 5.75 Å². The van der Waals surface area contributed by atoms with Gasteiger partial charge >= 0.3 is 0 Å². The molecular weight excluding hydrogens is 256 g/mol. The Balaban J connectivity index is 2.19. The SMILES string of the molecule is COc1ccc(C(Sc2ccncc2)C(C)N)cc1. The van der Waals surface area contributed by atoms with Crippen LogP contribution in [0.3, 0.4) is 0 Å². The van der Waals surface area contributed by atoms with E-state index in [1.165, 1.54) is 10.5 Å². The summed E-state index contributed by atoms with van der Waals surface area (Å²) in [7, 11) is 1.67. The molecule has 2 aromatic rings. The molecule has 0 fully saturated rings. The summed E-state index contributed by atoms with van der Waals surface area (Å²) in [5.41, 5.74) is 7.33. The van der Waals surface area contributed by atoms with E-state index in [2.05, 4.69) is 17.1 Å². The fourth-order valence-corrected chi connectivity index (χ4v) is 2.92. The monoisotopic (exact) mass is 274 g/mol. The van der Waals surface area contributed by atoms with Gasteiger partial charge in [0, 0.05) is 28.6 Å². The fraction of sp³-hybridized carbons (Fsp3) is 0.267. The first kappa shape index (κ1) is 13.9. The molecule has 1 heterocycles. The molecule has 100 valence electrons. The maximum Gasteiger partial charge on any atom is 0.118 e. The molecule has 3 nitrogen and oxygen atoms in total. The number of rotatable bonds is 5. The Hall–Kier alpha value is -1.52. The van der Waals surface area contributed by atoms with Crippen molar-refractivity contribution in [3.05, 3.63) is 54.4 Å². The topological polar surface area (TPSA) is 48.1 Å². The number of benzene rings is 1. The van der Waals surface area contributed by atoms with Crippen molar-refractivity contribution in [3.8, 4) is 5.75 Å². The third-order valence-electron chi connectivity index (χ3n) is 2.83. The number of pyridine rings is 1. The van der Waals surface area contributed by atoms with Gasteiger partial charge in [-0.25, -0.2) is 0 Å². The van der Waals surface area contributed by atoms with Crippen molar-refractivity contribution in [1.82, 2.24) is 4.98 Å². The molecule has 0 radical (unpaired) electrons. The highest BCUT2D eigenvalue weighted by Crippen LogP contribution is 2.37. The van der Waals surface area contributed by atoms with E-state index in [0.29, 0.717) is 0 Å². The second-order valence-electron chi connectivity index (χ2n) is 4.35. The van der Waals surface area contributed by atoms with Crippen LogP contribution in [0.2, 0.25) is 0 Å². The zero-order chi connectivity index (χ0) is 13.7. The van der Waals surface area contributed by atoms with Crippen LogP contribution >= 0.6 is 11.8 Å². The molecule has 0 bridgehead atoms. The summed E-state index contributed by atoms with van der Waals surface area (Å²) in [6.07, 6.45) is 3.60. The molecule has 0 amide bonds. The van der Waals surface area contributed by atoms with Crippen LogP contribution in [0.5, 0.6) is 5.75 Å². The summed E-state index contributed by atoms with van der Waals surface area (Å²) in [5, 5.41) is 0.216. The summed E-state index contributed by atoms with van der Waals surface area (Å²) >= 11 is 1.76. The van der Waals surface area contributed by atoms with Crippen molar-refractivity contribution in [2.45, 2.75) is 23.1 Å². The van der Waals surface area contributed by atoms with Crippen molar-refractivity contribution in [2.24, 2.45) is 5.73 Å². The minimum Gasteiger partial charge on any atom is -0.497 e. The number of hydrogen-bond donors (Lipinski definition) is 1. The number of nitrogens with two attached hydrogens (primary N) is 1. The molecular formula is C15H18N2OS. The van der Waals surface area contributed by atoms with Crippen LogP contribution in [0.4, 0.5) is 0 Å². The highest BCUT2D eigenvalue weighted by molar-refractivity contribution is 7.99. The average molecular weight is 274 g/mol. The summed E-state index contributed by atoms with van der Waals surface area (Å²) in [5.74, 6) is 0.862. The molecule has 0 saturated heterocycles. The van der Waals surface area contributed by atoms with Crippen LogP contribution in [-0.2, 0) is 0 Å². The molecule has 0 saturated carbocycles. The lowest BCUT2D eigenvalue weighted by Gasteiger charge is -2.21. The van der Waals surface area contributed by atoms with Crippen LogP contribution in [0, 0.1) is 0 Å². The largest absolute Gasteiger partial charge is 0.497 e. The number of thioether (sulfide) groups is 1. The fourth-order valence-electron chi connectivity index (χ4n) is 1.84. The van der Waals surface area contributed by atoms with Gasteiger partial charge in [0.05, 0.1) is 7.11 Å². The van der Waals surface area contributed by atoms with Crippen LogP contribution in [0.15, 0.2) is 53.7 Å². The highest BCUT2D eigenvalue weighted by Gasteiger charge is 2.17. The lowest BCUT2D eigenvalue weighted by molar-refractivity contribution is 0.414. The van der Waals surface area contributed by atoms with Crippen LogP contribution in [0.1, 0.15) is 17.7 Å². The van der Waals surface area contributed by atoms with E-state index in [9.17, 15) is 0 Å². The van der Waals surface area contributed by atoms with Gasteiger partial charge in [0.2, 0.25) is 0 Å². The van der Waals surface area contributed by atoms with Gasteiger partial charge in [-0.15, -0.1) is 11.8 Å². The van der Waals surface area contributed by atoms with E-state index in [4.69, 9.17) is 10.5 Å². The third-order valence-corrected chi connectivity index (χ3v) is 4.33. The van der Waals surface area contributed by atoms with Crippen molar-refractivity contribution in [1.29, 1.82) is 0 Å². The van der Waals surface area contributed by atoms with Gasteiger partial charge < -0.3 is 10.5 Å². The lowest BCUT2D eigenvalue weighted by atomic mass is 10.1. The molecule has 1 aromatic heterocycles. The summed E-state index contributed by atoms with van der Waals surface area (Å²) in [6.45, 7) is 2.03. The van der Waals surface area contributed by atoms with Gasteiger partial charge in [0.1, 0.15) is 5.75 Å². The predicted octanol–water partition coefficient (Wildman–Crippen LogP) is 3.27. The number of hydrogen-bond acceptors (Lipinski definition) is 4. The molecule has 2 N–H and O–H groups in total. The molecule has 0 aliphatic carbocycles. The zero-order valence-corrected chi connectivity index (χ0v) is 11.9. The van der Waals surface area contributed by atoms with Crippen LogP contribution < -0.4 is 10.5 Å². The van der Waals surface area contributed by atoms with Crippen molar-refractivity contribution in [3.63, 3.8) is 0 Å². The first-order valence-corrected chi connectivity index (χ1v) is 7.05. The van der Waals surface area contributed by atoms with Crippen LogP contribution in [-0.4, -0.2) is 18.1 Å². The van der Waals surface area contributed by atoms with Crippen LogP contribution in [0.25, 0.3) is 0 Å². The molecule has 2 unspecified atom stereocenters. The Morgan fingerprint density at radius 2 is 1.74 bits per heavy atom. The third kappa shape index (κ3) is 3.72. The summed E-state index contributed by atoms with van der Waals surface area (Å²) in [4.78, 5) is 5.21. The number of aromatic nitrogens is 1. The Labute approximate surface area is 118 Å². The molecule has 1 aromatic carbocycles. The van der Waals surface area contributed by atoms with Crippen molar-refractivity contribution < 1.29 is 4.74 Å². The maximum absolute atomic E-state index is 6.12. The Kier molecular flexibility index (Phi) is 4.82. The first-order valence-electron chi connectivity index (χ1n) is 6.17. The number of ether oxygens (including phenoxy) is 1. The summed E-state index contributed by atoms with van der Waals surface area (Å²) in [6, 6.07) is 12.1. The van der Waals surface area contributed by atoms with E-state index >= 15 is 0 Å². The van der Waals surface area contributed by atoms with Gasteiger partial charge in [-0.3, -0.25) is 4.98 Å². The van der Waals surface area contributed by atoms with Gasteiger partial charge in [-0.1, -0.05) is 12.1 Å². The molecule has 0 aliphatic heterocycles. The molecule has 4 heteroatoms. The molecule has 0 spiro atoms. The first-order chi connectivity index (χ1) is 9.20. The second kappa shape index (κ2) is 6.59. The molecule has 2 atom stereocenters. The molecule has 0 aliphatic rings. The Bertz CT molecular complexity index is 499. The van der Waals surface area contributed by atoms with Gasteiger partial charge in [-0.05, 0) is 36.8 Å². The minimum atomic E-state index is 0.0616. The van der Waals surface area contributed by atoms with E-state index < -0.39 is 0 Å². The zero-order valence-electron chi connectivity index (χ0n) is 11.1. The minimum absolute atomic E-state index is 0.0616. The standard InChI is InChI=1S/C15H18N2OS/c1-11(16)15(19-14-7-9-17-10-8-14)12-3-5-13(18-2)6-4-12/h3-11,15H,16H2,1-2H3. The Morgan fingerprint density at radius 3 is 2.26 bits per heavy atom. The van der Waals surface area contributed by atoms with Crippen molar-refractivity contribution >= 4 is 11.8 Å².